The lowest BCUT2D eigenvalue weighted by atomic mass is 9.67. The van der Waals surface area contributed by atoms with Crippen molar-refractivity contribution in [3.8, 4) is 11.1 Å². The predicted octanol–water partition coefficient (Wildman–Crippen LogP) is 6.08. The Bertz CT molecular complexity index is 816. The van der Waals surface area contributed by atoms with Crippen molar-refractivity contribution in [1.82, 2.24) is 0 Å². The molecule has 0 bridgehead atoms. The standard InChI is InChI=1S/C21H21F3O2/c1-2-21(8-4-3-5-9-21)14-6-7-15(20(25)26)16(12-14)13-10-17(22)19(24)18(23)11-13/h6-7,10-12H,2-5,8-9H2,1H3,(H,25,26). The quantitative estimate of drug-likeness (QED) is 0.669. The molecule has 0 aliphatic heterocycles. The van der Waals surface area contributed by atoms with Crippen LogP contribution in [0.2, 0.25) is 0 Å². The molecule has 138 valence electrons. The summed E-state index contributed by atoms with van der Waals surface area (Å²) in [7, 11) is 0. The maximum absolute atomic E-state index is 13.7. The van der Waals surface area contributed by atoms with E-state index in [2.05, 4.69) is 6.92 Å². The van der Waals surface area contributed by atoms with Gasteiger partial charge >= 0.3 is 5.97 Å². The third kappa shape index (κ3) is 3.22. The molecule has 1 fully saturated rings. The summed E-state index contributed by atoms with van der Waals surface area (Å²) >= 11 is 0. The van der Waals surface area contributed by atoms with Crippen molar-refractivity contribution >= 4 is 5.97 Å². The van der Waals surface area contributed by atoms with Gasteiger partial charge in [0.25, 0.3) is 0 Å². The Kier molecular flexibility index (Phi) is 5.08. The van der Waals surface area contributed by atoms with Crippen LogP contribution in [0.15, 0.2) is 30.3 Å². The molecule has 0 atom stereocenters. The summed E-state index contributed by atoms with van der Waals surface area (Å²) in [4.78, 5) is 11.6. The van der Waals surface area contributed by atoms with Gasteiger partial charge in [-0.15, -0.1) is 0 Å². The third-order valence-electron chi connectivity index (χ3n) is 5.64. The smallest absolute Gasteiger partial charge is 0.336 e. The lowest BCUT2D eigenvalue weighted by Crippen LogP contribution is -2.28. The first kappa shape index (κ1) is 18.5. The number of carbonyl (C=O) groups is 1. The molecule has 0 heterocycles. The van der Waals surface area contributed by atoms with E-state index in [4.69, 9.17) is 0 Å². The number of aromatic carboxylic acids is 1. The lowest BCUT2D eigenvalue weighted by Gasteiger charge is -2.37. The molecular formula is C21H21F3O2. The van der Waals surface area contributed by atoms with Crippen LogP contribution in [0.4, 0.5) is 13.2 Å². The van der Waals surface area contributed by atoms with Crippen molar-refractivity contribution in [1.29, 1.82) is 0 Å². The van der Waals surface area contributed by atoms with Gasteiger partial charge in [-0.3, -0.25) is 0 Å². The monoisotopic (exact) mass is 362 g/mol. The molecule has 3 rings (SSSR count). The highest BCUT2D eigenvalue weighted by Crippen LogP contribution is 2.43. The second-order valence-electron chi connectivity index (χ2n) is 7.01. The maximum Gasteiger partial charge on any atom is 0.336 e. The number of benzene rings is 2. The molecule has 2 aromatic carbocycles. The highest BCUT2D eigenvalue weighted by Gasteiger charge is 2.33. The highest BCUT2D eigenvalue weighted by atomic mass is 19.2. The Hall–Kier alpha value is -2.30. The molecule has 0 unspecified atom stereocenters. The first-order valence-electron chi connectivity index (χ1n) is 8.91. The SMILES string of the molecule is CCC1(c2ccc(C(=O)O)c(-c3cc(F)c(F)c(F)c3)c2)CCCCC1. The Morgan fingerprint density at radius 3 is 2.19 bits per heavy atom. The maximum atomic E-state index is 13.7. The largest absolute Gasteiger partial charge is 0.478 e. The van der Waals surface area contributed by atoms with E-state index < -0.39 is 23.4 Å². The molecule has 5 heteroatoms. The fraction of sp³-hybridized carbons (Fsp3) is 0.381. The van der Waals surface area contributed by atoms with Crippen LogP contribution in [-0.4, -0.2) is 11.1 Å². The molecule has 1 aliphatic rings. The summed E-state index contributed by atoms with van der Waals surface area (Å²) in [5, 5.41) is 9.48. The number of halogens is 3. The fourth-order valence-electron chi connectivity index (χ4n) is 4.09. The number of carboxylic acids is 1. The molecule has 1 saturated carbocycles. The molecule has 0 radical (unpaired) electrons. The van der Waals surface area contributed by atoms with Gasteiger partial charge in [0.15, 0.2) is 17.5 Å². The summed E-state index contributed by atoms with van der Waals surface area (Å²) in [5.74, 6) is -5.40. The van der Waals surface area contributed by atoms with Crippen molar-refractivity contribution in [3.05, 3.63) is 58.9 Å². The lowest BCUT2D eigenvalue weighted by molar-refractivity contribution is 0.0697. The highest BCUT2D eigenvalue weighted by molar-refractivity contribution is 5.96. The van der Waals surface area contributed by atoms with Gasteiger partial charge in [-0.05, 0) is 65.6 Å². The molecular weight excluding hydrogens is 341 g/mol. The van der Waals surface area contributed by atoms with Crippen molar-refractivity contribution in [2.24, 2.45) is 0 Å². The van der Waals surface area contributed by atoms with Crippen LogP contribution in [0.3, 0.4) is 0 Å². The number of hydrogen-bond acceptors (Lipinski definition) is 1. The van der Waals surface area contributed by atoms with E-state index in [1.165, 1.54) is 12.5 Å². The van der Waals surface area contributed by atoms with Gasteiger partial charge < -0.3 is 5.11 Å². The van der Waals surface area contributed by atoms with Crippen molar-refractivity contribution in [2.45, 2.75) is 50.9 Å². The summed E-state index contributed by atoms with van der Waals surface area (Å²) in [6.07, 6.45) is 6.29. The molecule has 1 aliphatic carbocycles. The normalized spacial score (nSPS) is 16.5. The molecule has 2 nitrogen and oxygen atoms in total. The second-order valence-corrected chi connectivity index (χ2v) is 7.01. The third-order valence-corrected chi connectivity index (χ3v) is 5.64. The molecule has 0 amide bonds. The Morgan fingerprint density at radius 2 is 1.65 bits per heavy atom. The van der Waals surface area contributed by atoms with Crippen LogP contribution >= 0.6 is 0 Å². The van der Waals surface area contributed by atoms with Gasteiger partial charge in [-0.1, -0.05) is 32.3 Å². The molecule has 1 N–H and O–H groups in total. The van der Waals surface area contributed by atoms with Gasteiger partial charge in [0.05, 0.1) is 5.56 Å². The molecule has 0 aromatic heterocycles. The summed E-state index contributed by atoms with van der Waals surface area (Å²) in [6, 6.07) is 6.70. The van der Waals surface area contributed by atoms with Gasteiger partial charge in [-0.25, -0.2) is 18.0 Å². The van der Waals surface area contributed by atoms with Crippen molar-refractivity contribution in [3.63, 3.8) is 0 Å². The van der Waals surface area contributed by atoms with E-state index in [-0.39, 0.29) is 22.1 Å². The minimum Gasteiger partial charge on any atom is -0.478 e. The zero-order valence-corrected chi connectivity index (χ0v) is 14.6. The van der Waals surface area contributed by atoms with Gasteiger partial charge in [0.1, 0.15) is 0 Å². The van der Waals surface area contributed by atoms with Gasteiger partial charge in [0, 0.05) is 0 Å². The zero-order chi connectivity index (χ0) is 18.9. The summed E-state index contributed by atoms with van der Waals surface area (Å²) in [6.45, 7) is 2.10. The minimum absolute atomic E-state index is 0.0303. The van der Waals surface area contributed by atoms with Gasteiger partial charge in [-0.2, -0.15) is 0 Å². The molecule has 2 aromatic rings. The van der Waals surface area contributed by atoms with E-state index in [0.29, 0.717) is 0 Å². The van der Waals surface area contributed by atoms with Crippen LogP contribution in [-0.2, 0) is 5.41 Å². The fourth-order valence-corrected chi connectivity index (χ4v) is 4.09. The van der Waals surface area contributed by atoms with E-state index in [0.717, 1.165) is 49.8 Å². The Labute approximate surface area is 150 Å². The Balaban J connectivity index is 2.18. The molecule has 0 spiro atoms. The van der Waals surface area contributed by atoms with E-state index in [9.17, 15) is 23.1 Å². The van der Waals surface area contributed by atoms with Crippen LogP contribution in [0.5, 0.6) is 0 Å². The molecule has 0 saturated heterocycles. The first-order chi connectivity index (χ1) is 12.4. The number of rotatable bonds is 4. The molecule has 26 heavy (non-hydrogen) atoms. The van der Waals surface area contributed by atoms with E-state index >= 15 is 0 Å². The summed E-state index contributed by atoms with van der Waals surface area (Å²) < 4.78 is 40.7. The second kappa shape index (κ2) is 7.14. The van der Waals surface area contributed by atoms with Crippen LogP contribution in [0, 0.1) is 17.5 Å². The van der Waals surface area contributed by atoms with Gasteiger partial charge in [0.2, 0.25) is 0 Å². The Morgan fingerprint density at radius 1 is 1.04 bits per heavy atom. The summed E-state index contributed by atoms with van der Waals surface area (Å²) in [5.41, 5.74) is 1.11. The number of carboxylic acid groups (broad SMARTS) is 1. The number of hydrogen-bond donors (Lipinski definition) is 1. The predicted molar refractivity (Wildman–Crippen MR) is 93.8 cm³/mol. The van der Waals surface area contributed by atoms with Crippen LogP contribution in [0.25, 0.3) is 11.1 Å². The topological polar surface area (TPSA) is 37.3 Å². The van der Waals surface area contributed by atoms with Crippen LogP contribution < -0.4 is 0 Å². The minimum atomic E-state index is -1.56. The van der Waals surface area contributed by atoms with E-state index in [1.54, 1.807) is 12.1 Å². The first-order valence-corrected chi connectivity index (χ1v) is 8.91. The average Bonchev–Trinajstić information content (AvgIpc) is 2.65. The van der Waals surface area contributed by atoms with Crippen molar-refractivity contribution < 1.29 is 23.1 Å². The van der Waals surface area contributed by atoms with E-state index in [1.807, 2.05) is 0 Å². The average molecular weight is 362 g/mol. The van der Waals surface area contributed by atoms with Crippen LogP contribution in [0.1, 0.15) is 61.4 Å². The van der Waals surface area contributed by atoms with Crippen molar-refractivity contribution in [2.75, 3.05) is 0 Å². The zero-order valence-electron chi connectivity index (χ0n) is 14.6.